The van der Waals surface area contributed by atoms with Crippen molar-refractivity contribution in [2.24, 2.45) is 0 Å². The molecule has 0 atom stereocenters. The Bertz CT molecular complexity index is 921. The summed E-state index contributed by atoms with van der Waals surface area (Å²) >= 11 is 13.5. The molecule has 3 aromatic rings. The van der Waals surface area contributed by atoms with Crippen LogP contribution >= 0.6 is 34.5 Å². The monoisotopic (exact) mass is 409 g/mol. The van der Waals surface area contributed by atoms with Crippen LogP contribution in [0.2, 0.25) is 10.0 Å². The Kier molecular flexibility index (Phi) is 5.87. The Balaban J connectivity index is 1.80. The average molecular weight is 410 g/mol. The number of thiophene rings is 1. The average Bonchev–Trinajstić information content (AvgIpc) is 3.11. The molecule has 0 aliphatic heterocycles. The Hall–Kier alpha value is -2.42. The van der Waals surface area contributed by atoms with Crippen molar-refractivity contribution in [1.82, 2.24) is 9.97 Å². The van der Waals surface area contributed by atoms with E-state index in [1.165, 1.54) is 11.2 Å². The fourth-order valence-electron chi connectivity index (χ4n) is 2.24. The number of hydrogen-bond acceptors (Lipinski definition) is 7. The third-order valence-corrected chi connectivity index (χ3v) is 5.11. The first kappa shape index (κ1) is 18.4. The van der Waals surface area contributed by atoms with Crippen LogP contribution in [0.15, 0.2) is 42.0 Å². The van der Waals surface area contributed by atoms with Crippen LogP contribution in [0.25, 0.3) is 0 Å². The minimum Gasteiger partial charge on any atom is -0.364 e. The van der Waals surface area contributed by atoms with Gasteiger partial charge in [-0.25, -0.2) is 9.97 Å². The summed E-state index contributed by atoms with van der Waals surface area (Å²) in [6, 6.07) is 8.80. The van der Waals surface area contributed by atoms with E-state index in [1.807, 2.05) is 17.5 Å². The van der Waals surface area contributed by atoms with Gasteiger partial charge in [-0.1, -0.05) is 29.3 Å². The highest BCUT2D eigenvalue weighted by Crippen LogP contribution is 2.33. The van der Waals surface area contributed by atoms with Gasteiger partial charge in [-0.05, 0) is 36.1 Å². The van der Waals surface area contributed by atoms with Crippen LogP contribution in [0, 0.1) is 10.1 Å². The van der Waals surface area contributed by atoms with Crippen molar-refractivity contribution in [2.45, 2.75) is 6.42 Å². The number of nitro groups is 1. The van der Waals surface area contributed by atoms with Gasteiger partial charge >= 0.3 is 5.69 Å². The first-order chi connectivity index (χ1) is 12.5. The Labute approximate surface area is 163 Å². The van der Waals surface area contributed by atoms with E-state index in [1.54, 1.807) is 29.5 Å². The Morgan fingerprint density at radius 2 is 1.96 bits per heavy atom. The molecule has 0 saturated heterocycles. The molecule has 0 bridgehead atoms. The molecule has 0 unspecified atom stereocenters. The standard InChI is InChI=1S/C16H13Cl2N5O2S/c17-12-4-3-10(8-13(12)18)22-16-14(23(24)25)15(20-9-21-16)19-6-5-11-2-1-7-26-11/h1-4,7-9H,5-6H2,(H2,19,20,21,22). The summed E-state index contributed by atoms with van der Waals surface area (Å²) in [7, 11) is 0. The van der Waals surface area contributed by atoms with Gasteiger partial charge in [0.15, 0.2) is 0 Å². The molecule has 0 aliphatic carbocycles. The predicted molar refractivity (Wildman–Crippen MR) is 105 cm³/mol. The Morgan fingerprint density at radius 1 is 1.15 bits per heavy atom. The van der Waals surface area contributed by atoms with Crippen molar-refractivity contribution in [2.75, 3.05) is 17.2 Å². The van der Waals surface area contributed by atoms with Crippen LogP contribution in [0.4, 0.5) is 23.0 Å². The zero-order valence-corrected chi connectivity index (χ0v) is 15.6. The van der Waals surface area contributed by atoms with E-state index in [-0.39, 0.29) is 17.3 Å². The van der Waals surface area contributed by atoms with E-state index in [0.29, 0.717) is 22.3 Å². The van der Waals surface area contributed by atoms with E-state index >= 15 is 0 Å². The normalized spacial score (nSPS) is 10.5. The topological polar surface area (TPSA) is 93.0 Å². The van der Waals surface area contributed by atoms with Gasteiger partial charge < -0.3 is 10.6 Å². The minimum atomic E-state index is -0.521. The second-order valence-electron chi connectivity index (χ2n) is 5.19. The van der Waals surface area contributed by atoms with Crippen molar-refractivity contribution >= 4 is 57.5 Å². The van der Waals surface area contributed by atoms with Crippen LogP contribution < -0.4 is 10.6 Å². The molecule has 0 fully saturated rings. The second-order valence-corrected chi connectivity index (χ2v) is 7.03. The smallest absolute Gasteiger partial charge is 0.353 e. The molecule has 0 amide bonds. The van der Waals surface area contributed by atoms with Crippen LogP contribution in [0.1, 0.15) is 4.88 Å². The predicted octanol–water partition coefficient (Wildman–Crippen LogP) is 5.15. The molecular weight excluding hydrogens is 397 g/mol. The molecule has 2 aromatic heterocycles. The lowest BCUT2D eigenvalue weighted by molar-refractivity contribution is -0.383. The molecule has 0 aliphatic rings. The zero-order valence-electron chi connectivity index (χ0n) is 13.3. The molecule has 7 nitrogen and oxygen atoms in total. The molecular formula is C16H13Cl2N5O2S. The first-order valence-electron chi connectivity index (χ1n) is 7.52. The zero-order chi connectivity index (χ0) is 18.5. The van der Waals surface area contributed by atoms with E-state index in [2.05, 4.69) is 20.6 Å². The molecule has 2 N–H and O–H groups in total. The van der Waals surface area contributed by atoms with Crippen molar-refractivity contribution < 1.29 is 4.92 Å². The van der Waals surface area contributed by atoms with Crippen LogP contribution in [-0.2, 0) is 6.42 Å². The number of rotatable bonds is 7. The third kappa shape index (κ3) is 4.40. The highest BCUT2D eigenvalue weighted by Gasteiger charge is 2.23. The first-order valence-corrected chi connectivity index (χ1v) is 9.16. The van der Waals surface area contributed by atoms with E-state index in [4.69, 9.17) is 23.2 Å². The van der Waals surface area contributed by atoms with Gasteiger partial charge in [-0.3, -0.25) is 10.1 Å². The van der Waals surface area contributed by atoms with E-state index in [0.717, 1.165) is 6.42 Å². The second kappa shape index (κ2) is 8.31. The summed E-state index contributed by atoms with van der Waals surface area (Å²) in [6.45, 7) is 0.518. The highest BCUT2D eigenvalue weighted by molar-refractivity contribution is 7.09. The molecule has 134 valence electrons. The largest absolute Gasteiger partial charge is 0.364 e. The minimum absolute atomic E-state index is 0.0713. The van der Waals surface area contributed by atoms with Gasteiger partial charge in [0.2, 0.25) is 11.6 Å². The number of nitrogens with one attached hydrogen (secondary N) is 2. The third-order valence-electron chi connectivity index (χ3n) is 3.43. The number of anilines is 3. The quantitative estimate of drug-likeness (QED) is 0.413. The molecule has 10 heteroatoms. The van der Waals surface area contributed by atoms with Gasteiger partial charge in [0.25, 0.3) is 0 Å². The lowest BCUT2D eigenvalue weighted by atomic mass is 10.3. The maximum absolute atomic E-state index is 11.5. The van der Waals surface area contributed by atoms with Gasteiger partial charge in [-0.15, -0.1) is 11.3 Å². The summed E-state index contributed by atoms with van der Waals surface area (Å²) in [6.07, 6.45) is 2.01. The molecule has 3 rings (SSSR count). The van der Waals surface area contributed by atoms with Gasteiger partial charge in [-0.2, -0.15) is 0 Å². The fraction of sp³-hybridized carbons (Fsp3) is 0.125. The summed E-state index contributed by atoms with van der Waals surface area (Å²) in [5.74, 6) is 0.228. The van der Waals surface area contributed by atoms with Crippen molar-refractivity contribution in [3.05, 3.63) is 67.1 Å². The Morgan fingerprint density at radius 3 is 2.65 bits per heavy atom. The van der Waals surface area contributed by atoms with E-state index in [9.17, 15) is 10.1 Å². The fourth-order valence-corrected chi connectivity index (χ4v) is 3.25. The van der Waals surface area contributed by atoms with Crippen LogP contribution in [0.5, 0.6) is 0 Å². The summed E-state index contributed by atoms with van der Waals surface area (Å²) in [4.78, 5) is 20.2. The van der Waals surface area contributed by atoms with Crippen molar-refractivity contribution in [3.8, 4) is 0 Å². The van der Waals surface area contributed by atoms with Gasteiger partial charge in [0.05, 0.1) is 15.0 Å². The molecule has 0 spiro atoms. The molecule has 0 saturated carbocycles. The molecule has 2 heterocycles. The lowest BCUT2D eigenvalue weighted by Gasteiger charge is -2.10. The number of aromatic nitrogens is 2. The van der Waals surface area contributed by atoms with E-state index < -0.39 is 4.92 Å². The number of halogens is 2. The summed E-state index contributed by atoms with van der Waals surface area (Å²) in [5, 5.41) is 20.2. The maximum Gasteiger partial charge on any atom is 0.353 e. The lowest BCUT2D eigenvalue weighted by Crippen LogP contribution is -2.10. The SMILES string of the molecule is O=[N+]([O-])c1c(NCCc2cccs2)ncnc1Nc1ccc(Cl)c(Cl)c1. The van der Waals surface area contributed by atoms with Crippen molar-refractivity contribution in [3.63, 3.8) is 0 Å². The highest BCUT2D eigenvalue weighted by atomic mass is 35.5. The van der Waals surface area contributed by atoms with Gasteiger partial charge in [0, 0.05) is 17.1 Å². The summed E-state index contributed by atoms with van der Waals surface area (Å²) in [5.41, 5.74) is 0.301. The maximum atomic E-state index is 11.5. The number of hydrogen-bond donors (Lipinski definition) is 2. The van der Waals surface area contributed by atoms with Gasteiger partial charge in [0.1, 0.15) is 6.33 Å². The molecule has 1 aromatic carbocycles. The van der Waals surface area contributed by atoms with Crippen molar-refractivity contribution in [1.29, 1.82) is 0 Å². The molecule has 26 heavy (non-hydrogen) atoms. The number of benzene rings is 1. The molecule has 0 radical (unpaired) electrons. The van der Waals surface area contributed by atoms with Crippen LogP contribution in [-0.4, -0.2) is 21.4 Å². The number of nitrogens with zero attached hydrogens (tertiary/aromatic N) is 3. The van der Waals surface area contributed by atoms with Crippen LogP contribution in [0.3, 0.4) is 0 Å². The summed E-state index contributed by atoms with van der Waals surface area (Å²) < 4.78 is 0.